The molecule has 0 fully saturated rings. The zero-order chi connectivity index (χ0) is 54.8. The van der Waals surface area contributed by atoms with E-state index in [9.17, 15) is 38.4 Å². The first-order chi connectivity index (χ1) is 35.0. The molecule has 0 aliphatic heterocycles. The van der Waals surface area contributed by atoms with Crippen molar-refractivity contribution >= 4 is 47.1 Å². The molecule has 424 valence electrons. The van der Waals surface area contributed by atoms with Crippen LogP contribution in [0.25, 0.3) is 0 Å². The van der Waals surface area contributed by atoms with Crippen LogP contribution in [0.5, 0.6) is 0 Å². The SMILES string of the molecule is CC(=O)C(CCCCNC(=O)C(CCCCNC(=O)C(N)CCCCN)NC(=O)C(N)CCCCN)NC(=O)C(CCCCN)NC(=O)C(N)CCCCNC(=O)C(CCCCN)NC(=O)C(N)CCCCN. The van der Waals surface area contributed by atoms with E-state index in [2.05, 4.69) is 37.2 Å². The average molecular weight is 1040 g/mol. The van der Waals surface area contributed by atoms with Gasteiger partial charge in [0, 0.05) is 19.6 Å². The van der Waals surface area contributed by atoms with E-state index in [-0.39, 0.29) is 49.9 Å². The number of hydrogen-bond acceptors (Lipinski definition) is 17. The first-order valence-electron chi connectivity index (χ1n) is 27.0. The third kappa shape index (κ3) is 33.9. The number of hydrogen-bond donors (Lipinski definition) is 16. The van der Waals surface area contributed by atoms with E-state index in [0.29, 0.717) is 155 Å². The molecular weight excluding hydrogens is 941 g/mol. The Morgan fingerprint density at radius 2 is 0.521 bits per heavy atom. The van der Waals surface area contributed by atoms with Crippen molar-refractivity contribution in [3.8, 4) is 0 Å². The number of amides is 7. The molecule has 24 heteroatoms. The topological polar surface area (TPSA) is 455 Å². The summed E-state index contributed by atoms with van der Waals surface area (Å²) in [5.74, 6) is -3.21. The van der Waals surface area contributed by atoms with E-state index in [1.54, 1.807) is 0 Å². The summed E-state index contributed by atoms with van der Waals surface area (Å²) in [5.41, 5.74) is 52.4. The van der Waals surface area contributed by atoms with Crippen molar-refractivity contribution in [3.63, 3.8) is 0 Å². The first-order valence-corrected chi connectivity index (χ1v) is 27.0. The fraction of sp³-hybridized carbons (Fsp3) is 0.837. The van der Waals surface area contributed by atoms with Gasteiger partial charge in [0.25, 0.3) is 0 Å². The smallest absolute Gasteiger partial charge is 0.243 e. The molecule has 24 nitrogen and oxygen atoms in total. The molecule has 0 radical (unpaired) electrons. The Hall–Kier alpha value is -4.40. The number of rotatable bonds is 47. The van der Waals surface area contributed by atoms with Crippen molar-refractivity contribution < 1.29 is 38.4 Å². The molecule has 0 aromatic rings. The molecule has 73 heavy (non-hydrogen) atoms. The van der Waals surface area contributed by atoms with E-state index in [0.717, 1.165) is 19.3 Å². The first kappa shape index (κ1) is 68.6. The molecule has 0 spiro atoms. The third-order valence-corrected chi connectivity index (χ3v) is 12.5. The molecular formula is C49H100N16O8. The summed E-state index contributed by atoms with van der Waals surface area (Å²) in [6.45, 7) is 4.58. The summed E-state index contributed by atoms with van der Waals surface area (Å²) < 4.78 is 0. The monoisotopic (exact) mass is 1040 g/mol. The Morgan fingerprint density at radius 1 is 0.288 bits per heavy atom. The second kappa shape index (κ2) is 43.9. The van der Waals surface area contributed by atoms with Crippen molar-refractivity contribution in [2.24, 2.45) is 51.6 Å². The van der Waals surface area contributed by atoms with Gasteiger partial charge in [-0.3, -0.25) is 38.4 Å². The second-order valence-corrected chi connectivity index (χ2v) is 19.1. The highest BCUT2D eigenvalue weighted by Gasteiger charge is 2.28. The third-order valence-electron chi connectivity index (χ3n) is 12.5. The summed E-state index contributed by atoms with van der Waals surface area (Å²) >= 11 is 0. The zero-order valence-electron chi connectivity index (χ0n) is 44.2. The van der Waals surface area contributed by atoms with Crippen molar-refractivity contribution in [2.75, 3.05) is 52.4 Å². The summed E-state index contributed by atoms with van der Waals surface area (Å²) in [7, 11) is 0. The molecule has 0 rings (SSSR count). The van der Waals surface area contributed by atoms with Crippen LogP contribution >= 0.6 is 0 Å². The van der Waals surface area contributed by atoms with E-state index in [4.69, 9.17) is 51.6 Å². The Kier molecular flexibility index (Phi) is 41.3. The summed E-state index contributed by atoms with van der Waals surface area (Å²) in [5, 5.41) is 19.6. The Morgan fingerprint density at radius 3 is 0.836 bits per heavy atom. The van der Waals surface area contributed by atoms with Crippen LogP contribution in [0.15, 0.2) is 0 Å². The van der Waals surface area contributed by atoms with Gasteiger partial charge >= 0.3 is 0 Å². The van der Waals surface area contributed by atoms with Gasteiger partial charge in [-0.2, -0.15) is 0 Å². The standard InChI is InChI=1S/C49H100N16O8/c1-34(66)39(22-8-16-33-61-48(72)41(64-45(69)37(57)20-4-12-28-52)25-9-17-31-59-43(67)35(55)18-2-10-26-50)62-49(73)42(24-6-14-30-54)65-46(70)38(58)21-7-15-32-60-47(71)40(23-5-13-29-53)63-44(68)36(56)19-3-11-27-51/h35-42H,2-33,50-58H2,1H3,(H,59,67)(H,60,71)(H,61,72)(H,62,73)(H,63,68)(H,64,69)(H,65,70). The molecule has 0 saturated heterocycles. The molecule has 0 bridgehead atoms. The minimum Gasteiger partial charge on any atom is -0.355 e. The molecule has 0 aliphatic carbocycles. The zero-order valence-corrected chi connectivity index (χ0v) is 44.2. The maximum Gasteiger partial charge on any atom is 0.243 e. The molecule has 0 aromatic carbocycles. The minimum atomic E-state index is -0.980. The highest BCUT2D eigenvalue weighted by molar-refractivity contribution is 5.93. The lowest BCUT2D eigenvalue weighted by atomic mass is 10.0. The Labute approximate surface area is 434 Å². The quantitative estimate of drug-likeness (QED) is 0.0276. The minimum absolute atomic E-state index is 0.228. The molecule has 0 saturated carbocycles. The fourth-order valence-corrected chi connectivity index (χ4v) is 7.78. The molecule has 0 aliphatic rings. The van der Waals surface area contributed by atoms with E-state index in [1.807, 2.05) is 0 Å². The second-order valence-electron chi connectivity index (χ2n) is 19.1. The molecule has 0 heterocycles. The van der Waals surface area contributed by atoms with E-state index < -0.39 is 77.9 Å². The lowest BCUT2D eigenvalue weighted by molar-refractivity contribution is -0.131. The Bertz CT molecular complexity index is 1570. The van der Waals surface area contributed by atoms with Gasteiger partial charge in [-0.25, -0.2) is 0 Å². The van der Waals surface area contributed by atoms with Gasteiger partial charge < -0.3 is 88.8 Å². The van der Waals surface area contributed by atoms with Crippen LogP contribution in [-0.2, 0) is 38.4 Å². The van der Waals surface area contributed by atoms with Gasteiger partial charge in [-0.05, 0) is 174 Å². The molecule has 25 N–H and O–H groups in total. The molecule has 8 atom stereocenters. The predicted octanol–water partition coefficient (Wildman–Crippen LogP) is -2.67. The number of carbonyl (C=O) groups is 8. The van der Waals surface area contributed by atoms with E-state index >= 15 is 0 Å². The van der Waals surface area contributed by atoms with Gasteiger partial charge in [0.15, 0.2) is 5.78 Å². The van der Waals surface area contributed by atoms with Crippen LogP contribution in [0.3, 0.4) is 0 Å². The molecule has 8 unspecified atom stereocenters. The highest BCUT2D eigenvalue weighted by atomic mass is 16.2. The predicted molar refractivity (Wildman–Crippen MR) is 285 cm³/mol. The van der Waals surface area contributed by atoms with Crippen LogP contribution in [0, 0.1) is 0 Å². The number of nitrogens with one attached hydrogen (secondary N) is 7. The van der Waals surface area contributed by atoms with Gasteiger partial charge in [0.05, 0.1) is 30.2 Å². The molecule has 0 aromatic heterocycles. The van der Waals surface area contributed by atoms with Gasteiger partial charge in [-0.1, -0.05) is 19.3 Å². The fourth-order valence-electron chi connectivity index (χ4n) is 7.78. The van der Waals surface area contributed by atoms with E-state index in [1.165, 1.54) is 6.92 Å². The van der Waals surface area contributed by atoms with Crippen molar-refractivity contribution in [1.82, 2.24) is 37.2 Å². The highest BCUT2D eigenvalue weighted by Crippen LogP contribution is 2.10. The maximum absolute atomic E-state index is 13.6. The molecule has 7 amide bonds. The average Bonchev–Trinajstić information content (AvgIpc) is 3.36. The normalized spacial score (nSPS) is 14.5. The van der Waals surface area contributed by atoms with Crippen molar-refractivity contribution in [3.05, 3.63) is 0 Å². The summed E-state index contributed by atoms with van der Waals surface area (Å²) in [6.07, 6.45) is 12.7. The number of ketones is 1. The number of unbranched alkanes of at least 4 members (excludes halogenated alkanes) is 8. The van der Waals surface area contributed by atoms with Gasteiger partial charge in [0.2, 0.25) is 41.4 Å². The van der Waals surface area contributed by atoms with Gasteiger partial charge in [0.1, 0.15) is 18.1 Å². The largest absolute Gasteiger partial charge is 0.355 e. The lowest BCUT2D eigenvalue weighted by Gasteiger charge is -2.24. The van der Waals surface area contributed by atoms with Gasteiger partial charge in [-0.15, -0.1) is 0 Å². The summed E-state index contributed by atoms with van der Waals surface area (Å²) in [4.78, 5) is 104. The van der Waals surface area contributed by atoms with Crippen LogP contribution in [-0.4, -0.2) is 148 Å². The van der Waals surface area contributed by atoms with Crippen LogP contribution in [0.4, 0.5) is 0 Å². The van der Waals surface area contributed by atoms with Crippen LogP contribution in [0.1, 0.15) is 161 Å². The summed E-state index contributed by atoms with van der Waals surface area (Å²) in [6, 6.07) is -6.64. The van der Waals surface area contributed by atoms with Crippen LogP contribution < -0.4 is 88.8 Å². The lowest BCUT2D eigenvalue weighted by Crippen LogP contribution is -2.54. The number of Topliss-reactive ketones (excluding diaryl/α,β-unsaturated/α-hetero) is 1. The van der Waals surface area contributed by atoms with Crippen LogP contribution in [0.2, 0.25) is 0 Å². The van der Waals surface area contributed by atoms with Crippen molar-refractivity contribution in [1.29, 1.82) is 0 Å². The Balaban J connectivity index is 5.30. The maximum atomic E-state index is 13.6. The van der Waals surface area contributed by atoms with Crippen molar-refractivity contribution in [2.45, 2.75) is 209 Å². The number of carbonyl (C=O) groups excluding carboxylic acids is 8. The number of nitrogens with two attached hydrogens (primary N) is 9.